The normalized spacial score (nSPS) is 16.0. The lowest BCUT2D eigenvalue weighted by molar-refractivity contribution is 0.0756. The van der Waals surface area contributed by atoms with E-state index in [4.69, 9.17) is 0 Å². The zero-order chi connectivity index (χ0) is 16.9. The Balaban J connectivity index is 1.63. The summed E-state index contributed by atoms with van der Waals surface area (Å²) in [4.78, 5) is 16.4. The van der Waals surface area contributed by atoms with E-state index in [1.807, 2.05) is 18.2 Å². The van der Waals surface area contributed by atoms with Gasteiger partial charge in [-0.15, -0.1) is 0 Å². The van der Waals surface area contributed by atoms with Gasteiger partial charge in [-0.25, -0.2) is 8.78 Å². The molecule has 0 bridgehead atoms. The Kier molecular flexibility index (Phi) is 5.20. The van der Waals surface area contributed by atoms with Crippen molar-refractivity contribution in [1.82, 2.24) is 9.80 Å². The fourth-order valence-corrected chi connectivity index (χ4v) is 3.01. The van der Waals surface area contributed by atoms with E-state index >= 15 is 0 Å². The first-order valence-corrected chi connectivity index (χ1v) is 8.14. The van der Waals surface area contributed by atoms with Crippen LogP contribution < -0.4 is 0 Å². The molecule has 0 spiro atoms. The van der Waals surface area contributed by atoms with Crippen molar-refractivity contribution >= 4 is 5.91 Å². The van der Waals surface area contributed by atoms with Gasteiger partial charge in [0.1, 0.15) is 11.6 Å². The van der Waals surface area contributed by atoms with E-state index in [0.29, 0.717) is 13.1 Å². The molecule has 0 unspecified atom stereocenters. The minimum Gasteiger partial charge on any atom is -0.337 e. The summed E-state index contributed by atoms with van der Waals surface area (Å²) < 4.78 is 26.8. The number of rotatable bonds is 3. The third-order valence-electron chi connectivity index (χ3n) is 4.29. The molecule has 0 radical (unpaired) electrons. The molecule has 1 amide bonds. The summed E-state index contributed by atoms with van der Waals surface area (Å²) in [5, 5.41) is 0. The Labute approximate surface area is 140 Å². The molecule has 0 aromatic heterocycles. The number of carbonyl (C=O) groups is 1. The lowest BCUT2D eigenvalue weighted by Gasteiger charge is -2.22. The molecule has 1 aliphatic heterocycles. The minimum absolute atomic E-state index is 0.0621. The highest BCUT2D eigenvalue weighted by atomic mass is 19.1. The van der Waals surface area contributed by atoms with E-state index in [0.717, 1.165) is 38.2 Å². The van der Waals surface area contributed by atoms with Crippen molar-refractivity contribution in [1.29, 1.82) is 0 Å². The topological polar surface area (TPSA) is 23.6 Å². The van der Waals surface area contributed by atoms with Gasteiger partial charge in [-0.3, -0.25) is 9.69 Å². The van der Waals surface area contributed by atoms with Gasteiger partial charge in [0.15, 0.2) is 0 Å². The number of benzene rings is 2. The van der Waals surface area contributed by atoms with Crippen LogP contribution in [0, 0.1) is 11.6 Å². The van der Waals surface area contributed by atoms with Crippen molar-refractivity contribution in [3.05, 3.63) is 71.3 Å². The van der Waals surface area contributed by atoms with E-state index in [2.05, 4.69) is 17.0 Å². The van der Waals surface area contributed by atoms with Crippen molar-refractivity contribution in [2.24, 2.45) is 0 Å². The standard InChI is InChI=1S/C19H20F2N2O/c20-16-7-8-17(18(21)13-16)19(24)23-10-4-9-22(11-12-23)14-15-5-2-1-3-6-15/h1-3,5-8,13H,4,9-12,14H2. The Hall–Kier alpha value is -2.27. The zero-order valence-electron chi connectivity index (χ0n) is 13.4. The van der Waals surface area contributed by atoms with Gasteiger partial charge in [-0.05, 0) is 24.1 Å². The largest absolute Gasteiger partial charge is 0.337 e. The summed E-state index contributed by atoms with van der Waals surface area (Å²) >= 11 is 0. The highest BCUT2D eigenvalue weighted by molar-refractivity contribution is 5.94. The number of carbonyl (C=O) groups excluding carboxylic acids is 1. The van der Waals surface area contributed by atoms with E-state index in [-0.39, 0.29) is 11.5 Å². The lowest BCUT2D eigenvalue weighted by atomic mass is 10.1. The molecule has 5 heteroatoms. The fraction of sp³-hybridized carbons (Fsp3) is 0.316. The van der Waals surface area contributed by atoms with Crippen LogP contribution in [0.15, 0.2) is 48.5 Å². The van der Waals surface area contributed by atoms with Gasteiger partial charge in [0.05, 0.1) is 5.56 Å². The molecule has 0 aliphatic carbocycles. The molecule has 3 rings (SSSR count). The maximum absolute atomic E-state index is 13.8. The first-order chi connectivity index (χ1) is 11.6. The molecule has 3 nitrogen and oxygen atoms in total. The van der Waals surface area contributed by atoms with Gasteiger partial charge in [0.25, 0.3) is 5.91 Å². The van der Waals surface area contributed by atoms with Crippen molar-refractivity contribution in [3.63, 3.8) is 0 Å². The van der Waals surface area contributed by atoms with Crippen LogP contribution >= 0.6 is 0 Å². The van der Waals surface area contributed by atoms with E-state index in [1.165, 1.54) is 11.6 Å². The van der Waals surface area contributed by atoms with Crippen LogP contribution in [0.3, 0.4) is 0 Å². The number of amides is 1. The van der Waals surface area contributed by atoms with Gasteiger partial charge in [-0.1, -0.05) is 30.3 Å². The molecule has 2 aromatic rings. The third-order valence-corrected chi connectivity index (χ3v) is 4.29. The number of hydrogen-bond donors (Lipinski definition) is 0. The Morgan fingerprint density at radius 3 is 2.50 bits per heavy atom. The van der Waals surface area contributed by atoms with Crippen molar-refractivity contribution in [2.45, 2.75) is 13.0 Å². The molecule has 1 aliphatic rings. The van der Waals surface area contributed by atoms with Crippen LogP contribution in [0.4, 0.5) is 8.78 Å². The SMILES string of the molecule is O=C(c1ccc(F)cc1F)N1CCCN(Cc2ccccc2)CC1. The summed E-state index contributed by atoms with van der Waals surface area (Å²) in [5.41, 5.74) is 1.18. The van der Waals surface area contributed by atoms with Gasteiger partial charge in [0, 0.05) is 38.8 Å². The van der Waals surface area contributed by atoms with Crippen LogP contribution in [0.2, 0.25) is 0 Å². The monoisotopic (exact) mass is 330 g/mol. The van der Waals surface area contributed by atoms with Gasteiger partial charge in [-0.2, -0.15) is 0 Å². The maximum atomic E-state index is 13.8. The molecule has 1 saturated heterocycles. The molecule has 0 N–H and O–H groups in total. The van der Waals surface area contributed by atoms with E-state index in [1.54, 1.807) is 4.90 Å². The predicted molar refractivity (Wildman–Crippen MR) is 88.6 cm³/mol. The molecule has 126 valence electrons. The maximum Gasteiger partial charge on any atom is 0.256 e. The lowest BCUT2D eigenvalue weighted by Crippen LogP contribution is -2.35. The summed E-state index contributed by atoms with van der Waals surface area (Å²) in [5.74, 6) is -1.84. The molecule has 1 heterocycles. The summed E-state index contributed by atoms with van der Waals surface area (Å²) in [6.07, 6.45) is 0.835. The first kappa shape index (κ1) is 16.6. The quantitative estimate of drug-likeness (QED) is 0.862. The number of halogens is 2. The van der Waals surface area contributed by atoms with Crippen molar-refractivity contribution in [3.8, 4) is 0 Å². The number of hydrogen-bond acceptors (Lipinski definition) is 2. The fourth-order valence-electron chi connectivity index (χ4n) is 3.01. The highest BCUT2D eigenvalue weighted by Crippen LogP contribution is 2.15. The van der Waals surface area contributed by atoms with Crippen LogP contribution in [0.25, 0.3) is 0 Å². The number of nitrogens with zero attached hydrogens (tertiary/aromatic N) is 2. The second-order valence-corrected chi connectivity index (χ2v) is 6.03. The first-order valence-electron chi connectivity index (χ1n) is 8.14. The van der Waals surface area contributed by atoms with Gasteiger partial charge >= 0.3 is 0 Å². The smallest absolute Gasteiger partial charge is 0.256 e. The average molecular weight is 330 g/mol. The molecule has 24 heavy (non-hydrogen) atoms. The summed E-state index contributed by atoms with van der Waals surface area (Å²) in [6.45, 7) is 3.60. The second-order valence-electron chi connectivity index (χ2n) is 6.03. The third kappa shape index (κ3) is 3.97. The Morgan fingerprint density at radius 1 is 0.958 bits per heavy atom. The van der Waals surface area contributed by atoms with Crippen molar-refractivity contribution in [2.75, 3.05) is 26.2 Å². The van der Waals surface area contributed by atoms with Crippen LogP contribution in [-0.4, -0.2) is 41.9 Å². The Bertz CT molecular complexity index is 706. The minimum atomic E-state index is -0.801. The van der Waals surface area contributed by atoms with E-state index < -0.39 is 11.6 Å². The molecular formula is C19H20F2N2O. The molecule has 0 atom stereocenters. The predicted octanol–water partition coefficient (Wildman–Crippen LogP) is 3.31. The Morgan fingerprint density at radius 2 is 1.75 bits per heavy atom. The van der Waals surface area contributed by atoms with Crippen LogP contribution in [-0.2, 0) is 6.54 Å². The molecule has 0 saturated carbocycles. The summed E-state index contributed by atoms with van der Waals surface area (Å²) in [6, 6.07) is 13.3. The van der Waals surface area contributed by atoms with E-state index in [9.17, 15) is 13.6 Å². The highest BCUT2D eigenvalue weighted by Gasteiger charge is 2.22. The molecular weight excluding hydrogens is 310 g/mol. The van der Waals surface area contributed by atoms with Gasteiger partial charge in [0.2, 0.25) is 0 Å². The summed E-state index contributed by atoms with van der Waals surface area (Å²) in [7, 11) is 0. The average Bonchev–Trinajstić information content (AvgIpc) is 2.81. The van der Waals surface area contributed by atoms with Crippen LogP contribution in [0.5, 0.6) is 0 Å². The second kappa shape index (κ2) is 7.53. The van der Waals surface area contributed by atoms with Crippen LogP contribution in [0.1, 0.15) is 22.3 Å². The van der Waals surface area contributed by atoms with Gasteiger partial charge < -0.3 is 4.90 Å². The van der Waals surface area contributed by atoms with Crippen molar-refractivity contribution < 1.29 is 13.6 Å². The molecule has 2 aromatic carbocycles. The zero-order valence-corrected chi connectivity index (χ0v) is 13.4. The molecule has 1 fully saturated rings.